The first-order chi connectivity index (χ1) is 8.23. The topological polar surface area (TPSA) is 41.6 Å². The van der Waals surface area contributed by atoms with Gasteiger partial charge in [-0.05, 0) is 44.2 Å². The van der Waals surface area contributed by atoms with E-state index in [9.17, 15) is 4.79 Å². The van der Waals surface area contributed by atoms with Gasteiger partial charge in [-0.3, -0.25) is 4.79 Å². The maximum Gasteiger partial charge on any atom is 0.226 e. The van der Waals surface area contributed by atoms with Crippen molar-refractivity contribution in [2.75, 3.05) is 33.4 Å². The molecule has 4 heteroatoms. The van der Waals surface area contributed by atoms with Crippen molar-refractivity contribution in [3.05, 3.63) is 0 Å². The van der Waals surface area contributed by atoms with Gasteiger partial charge in [-0.1, -0.05) is 0 Å². The number of nitrogens with one attached hydrogen (secondary N) is 1. The second kappa shape index (κ2) is 4.25. The number of hydrogen-bond donors (Lipinski definition) is 1. The highest BCUT2D eigenvalue weighted by Crippen LogP contribution is 2.59. The fourth-order valence-electron chi connectivity index (χ4n) is 3.43. The first-order valence-electron chi connectivity index (χ1n) is 6.78. The van der Waals surface area contributed by atoms with Crippen molar-refractivity contribution >= 4 is 5.91 Å². The minimum absolute atomic E-state index is 0.301. The highest BCUT2D eigenvalue weighted by atomic mass is 16.5. The van der Waals surface area contributed by atoms with E-state index in [0.29, 0.717) is 23.3 Å². The van der Waals surface area contributed by atoms with Crippen LogP contribution in [0.3, 0.4) is 0 Å². The molecule has 2 atom stereocenters. The quantitative estimate of drug-likeness (QED) is 0.767. The molecule has 96 valence electrons. The van der Waals surface area contributed by atoms with Gasteiger partial charge in [0.1, 0.15) is 0 Å². The van der Waals surface area contributed by atoms with E-state index < -0.39 is 0 Å². The van der Waals surface area contributed by atoms with E-state index in [2.05, 4.69) is 5.32 Å². The summed E-state index contributed by atoms with van der Waals surface area (Å²) < 4.78 is 5.36. The molecule has 0 radical (unpaired) electrons. The van der Waals surface area contributed by atoms with Crippen LogP contribution in [0.25, 0.3) is 0 Å². The van der Waals surface area contributed by atoms with Crippen LogP contribution in [0, 0.1) is 11.3 Å². The maximum absolute atomic E-state index is 12.4. The van der Waals surface area contributed by atoms with Gasteiger partial charge in [0.05, 0.1) is 12.6 Å². The van der Waals surface area contributed by atoms with E-state index in [-0.39, 0.29) is 0 Å². The van der Waals surface area contributed by atoms with Gasteiger partial charge in [-0.15, -0.1) is 0 Å². The standard InChI is InChI=1S/C13H22N2O2/c1-15(10-2-7-17-9-10)12(16)11-8-13(11)3-5-14-6-4-13/h10-11,14H,2-9H2,1H3. The Morgan fingerprint density at radius 3 is 2.82 bits per heavy atom. The normalized spacial score (nSPS) is 34.9. The Morgan fingerprint density at radius 2 is 2.18 bits per heavy atom. The van der Waals surface area contributed by atoms with E-state index in [1.54, 1.807) is 0 Å². The predicted molar refractivity (Wildman–Crippen MR) is 64.6 cm³/mol. The molecule has 3 rings (SSSR count). The Labute approximate surface area is 103 Å². The average molecular weight is 238 g/mol. The number of piperidine rings is 1. The zero-order valence-corrected chi connectivity index (χ0v) is 10.6. The van der Waals surface area contributed by atoms with E-state index in [4.69, 9.17) is 4.74 Å². The number of carbonyl (C=O) groups excluding carboxylic acids is 1. The molecule has 17 heavy (non-hydrogen) atoms. The lowest BCUT2D eigenvalue weighted by Crippen LogP contribution is -2.40. The predicted octanol–water partition coefficient (Wildman–Crippen LogP) is 0.623. The summed E-state index contributed by atoms with van der Waals surface area (Å²) in [6.45, 7) is 3.70. The number of rotatable bonds is 2. The molecule has 0 aromatic heterocycles. The van der Waals surface area contributed by atoms with Crippen molar-refractivity contribution < 1.29 is 9.53 Å². The van der Waals surface area contributed by atoms with E-state index in [1.165, 1.54) is 12.8 Å². The summed E-state index contributed by atoms with van der Waals surface area (Å²) >= 11 is 0. The molecule has 1 spiro atoms. The SMILES string of the molecule is CN(C(=O)C1CC12CCNCC2)C1CCOC1. The molecule has 2 unspecified atom stereocenters. The van der Waals surface area contributed by atoms with Gasteiger partial charge in [-0.25, -0.2) is 0 Å². The third kappa shape index (κ3) is 1.97. The van der Waals surface area contributed by atoms with Gasteiger partial charge >= 0.3 is 0 Å². The number of carbonyl (C=O) groups is 1. The van der Waals surface area contributed by atoms with Crippen LogP contribution in [-0.4, -0.2) is 50.2 Å². The maximum atomic E-state index is 12.4. The molecule has 2 saturated heterocycles. The summed E-state index contributed by atoms with van der Waals surface area (Å²) in [5.41, 5.74) is 0.357. The third-order valence-corrected chi connectivity index (χ3v) is 4.89. The number of likely N-dealkylation sites (N-methyl/N-ethyl adjacent to an activating group) is 1. The number of hydrogen-bond acceptors (Lipinski definition) is 3. The molecule has 0 aromatic carbocycles. The zero-order chi connectivity index (χ0) is 11.9. The van der Waals surface area contributed by atoms with Crippen LogP contribution in [0.15, 0.2) is 0 Å². The van der Waals surface area contributed by atoms with Gasteiger partial charge in [0.25, 0.3) is 0 Å². The van der Waals surface area contributed by atoms with Gasteiger partial charge < -0.3 is 15.0 Å². The summed E-state index contributed by atoms with van der Waals surface area (Å²) in [6, 6.07) is 0.321. The third-order valence-electron chi connectivity index (χ3n) is 4.89. The fraction of sp³-hybridized carbons (Fsp3) is 0.923. The smallest absolute Gasteiger partial charge is 0.226 e. The molecule has 4 nitrogen and oxygen atoms in total. The highest BCUT2D eigenvalue weighted by Gasteiger charge is 2.58. The molecule has 1 saturated carbocycles. The summed E-state index contributed by atoms with van der Waals surface area (Å²) in [5.74, 6) is 0.664. The fourth-order valence-corrected chi connectivity index (χ4v) is 3.43. The van der Waals surface area contributed by atoms with Crippen LogP contribution in [0.4, 0.5) is 0 Å². The number of amides is 1. The minimum Gasteiger partial charge on any atom is -0.379 e. The van der Waals surface area contributed by atoms with Gasteiger partial charge in [0.2, 0.25) is 5.91 Å². The molecule has 2 aliphatic heterocycles. The molecular weight excluding hydrogens is 216 g/mol. The van der Waals surface area contributed by atoms with E-state index in [1.807, 2.05) is 11.9 Å². The van der Waals surface area contributed by atoms with Crippen molar-refractivity contribution in [1.29, 1.82) is 0 Å². The van der Waals surface area contributed by atoms with Crippen molar-refractivity contribution in [3.63, 3.8) is 0 Å². The van der Waals surface area contributed by atoms with Crippen LogP contribution in [0.5, 0.6) is 0 Å². The second-order valence-electron chi connectivity index (χ2n) is 5.84. The second-order valence-corrected chi connectivity index (χ2v) is 5.84. The summed E-state index contributed by atoms with van der Waals surface area (Å²) in [6.07, 6.45) is 4.48. The summed E-state index contributed by atoms with van der Waals surface area (Å²) in [5, 5.41) is 3.38. The van der Waals surface area contributed by atoms with Crippen LogP contribution < -0.4 is 5.32 Å². The zero-order valence-electron chi connectivity index (χ0n) is 10.6. The average Bonchev–Trinajstić information content (AvgIpc) is 2.83. The number of nitrogens with zero attached hydrogens (tertiary/aromatic N) is 1. The molecule has 3 aliphatic rings. The van der Waals surface area contributed by atoms with E-state index >= 15 is 0 Å². The first-order valence-corrected chi connectivity index (χ1v) is 6.78. The summed E-state index contributed by atoms with van der Waals surface area (Å²) in [7, 11) is 1.95. The highest BCUT2D eigenvalue weighted by molar-refractivity contribution is 5.82. The number of ether oxygens (including phenoxy) is 1. The van der Waals surface area contributed by atoms with Crippen molar-refractivity contribution in [1.82, 2.24) is 10.2 Å². The Morgan fingerprint density at radius 1 is 1.41 bits per heavy atom. The Balaban J connectivity index is 1.60. The van der Waals surface area contributed by atoms with Gasteiger partial charge in [0, 0.05) is 19.6 Å². The van der Waals surface area contributed by atoms with Crippen molar-refractivity contribution in [2.45, 2.75) is 31.7 Å². The summed E-state index contributed by atoms with van der Waals surface area (Å²) in [4.78, 5) is 14.4. The molecule has 1 N–H and O–H groups in total. The molecule has 1 amide bonds. The Kier molecular flexibility index (Phi) is 2.87. The molecule has 0 bridgehead atoms. The molecule has 0 aromatic rings. The molecular formula is C13H22N2O2. The Bertz CT molecular complexity index is 307. The monoisotopic (exact) mass is 238 g/mol. The van der Waals surface area contributed by atoms with Gasteiger partial charge in [0.15, 0.2) is 0 Å². The molecule has 1 aliphatic carbocycles. The van der Waals surface area contributed by atoms with Crippen LogP contribution in [0.2, 0.25) is 0 Å². The van der Waals surface area contributed by atoms with Crippen molar-refractivity contribution in [2.24, 2.45) is 11.3 Å². The molecule has 2 heterocycles. The van der Waals surface area contributed by atoms with Crippen LogP contribution in [0.1, 0.15) is 25.7 Å². The first kappa shape index (κ1) is 11.5. The van der Waals surface area contributed by atoms with E-state index in [0.717, 1.165) is 39.1 Å². The van der Waals surface area contributed by atoms with Crippen LogP contribution in [-0.2, 0) is 9.53 Å². The van der Waals surface area contributed by atoms with Crippen molar-refractivity contribution in [3.8, 4) is 0 Å². The lowest BCUT2D eigenvalue weighted by molar-refractivity contribution is -0.134. The minimum atomic E-state index is 0.301. The van der Waals surface area contributed by atoms with Crippen LogP contribution >= 0.6 is 0 Å². The molecule has 3 fully saturated rings. The Hall–Kier alpha value is -0.610. The lowest BCUT2D eigenvalue weighted by atomic mass is 9.91. The van der Waals surface area contributed by atoms with Gasteiger partial charge in [-0.2, -0.15) is 0 Å². The largest absolute Gasteiger partial charge is 0.379 e. The lowest BCUT2D eigenvalue weighted by Gasteiger charge is -2.27.